The Morgan fingerprint density at radius 3 is 1.19 bits per heavy atom. The van der Waals surface area contributed by atoms with Gasteiger partial charge in [-0.25, -0.2) is 14.4 Å². The van der Waals surface area contributed by atoms with Crippen molar-refractivity contribution < 1.29 is 43.9 Å². The third kappa shape index (κ3) is 2.53. The summed E-state index contributed by atoms with van der Waals surface area (Å²) in [4.78, 5) is 34.0. The van der Waals surface area contributed by atoms with E-state index in [4.69, 9.17) is 14.2 Å². The van der Waals surface area contributed by atoms with Crippen LogP contribution in [0.3, 0.4) is 0 Å². The molecule has 3 N–H and O–H groups in total. The van der Waals surface area contributed by atoms with Gasteiger partial charge in [-0.1, -0.05) is 0 Å². The zero-order chi connectivity index (χ0) is 16.3. The van der Waals surface area contributed by atoms with E-state index in [0.717, 1.165) is 21.3 Å². The number of hydrogen-bond acceptors (Lipinski definition) is 6. The van der Waals surface area contributed by atoms with Crippen molar-refractivity contribution in [3.8, 4) is 17.2 Å². The number of rotatable bonds is 6. The second kappa shape index (κ2) is 5.99. The van der Waals surface area contributed by atoms with Crippen molar-refractivity contribution in [1.29, 1.82) is 0 Å². The highest BCUT2D eigenvalue weighted by Gasteiger charge is 2.35. The van der Waals surface area contributed by atoms with Gasteiger partial charge in [-0.05, 0) is 0 Å². The van der Waals surface area contributed by atoms with Gasteiger partial charge in [0.15, 0.2) is 17.2 Å². The van der Waals surface area contributed by atoms with Gasteiger partial charge >= 0.3 is 17.9 Å². The van der Waals surface area contributed by atoms with E-state index in [1.54, 1.807) is 0 Å². The maximum atomic E-state index is 11.3. The van der Waals surface area contributed by atoms with Crippen molar-refractivity contribution >= 4 is 17.9 Å². The van der Waals surface area contributed by atoms with Crippen LogP contribution in [-0.4, -0.2) is 54.6 Å². The molecule has 0 spiro atoms. The summed E-state index contributed by atoms with van der Waals surface area (Å²) in [5.41, 5.74) is -2.23. The molecule has 0 aromatic heterocycles. The number of methoxy groups -OCH3 is 3. The molecule has 0 fully saturated rings. The van der Waals surface area contributed by atoms with Crippen LogP contribution < -0.4 is 14.2 Å². The molecule has 114 valence electrons. The van der Waals surface area contributed by atoms with Crippen LogP contribution in [0.5, 0.6) is 17.2 Å². The molecule has 9 nitrogen and oxygen atoms in total. The van der Waals surface area contributed by atoms with Gasteiger partial charge in [0, 0.05) is 0 Å². The number of carboxylic acid groups (broad SMARTS) is 3. The standard InChI is InChI=1S/C12H12O9/c1-19-7-4(10(13)14)5(11(15)16)8(20-2)9(21-3)6(7)12(17)18/h1-3H3,(H,13,14)(H,15,16)(H,17,18). The van der Waals surface area contributed by atoms with Gasteiger partial charge in [0.2, 0.25) is 0 Å². The van der Waals surface area contributed by atoms with Gasteiger partial charge in [0.1, 0.15) is 16.7 Å². The lowest BCUT2D eigenvalue weighted by molar-refractivity contribution is 0.0638. The van der Waals surface area contributed by atoms with Gasteiger partial charge in [0.05, 0.1) is 21.3 Å². The molecule has 0 bridgehead atoms. The van der Waals surface area contributed by atoms with Crippen LogP contribution in [0.4, 0.5) is 0 Å². The molecule has 0 atom stereocenters. The van der Waals surface area contributed by atoms with E-state index in [1.165, 1.54) is 0 Å². The lowest BCUT2D eigenvalue weighted by Crippen LogP contribution is -2.17. The monoisotopic (exact) mass is 300 g/mol. The van der Waals surface area contributed by atoms with E-state index in [-0.39, 0.29) is 0 Å². The van der Waals surface area contributed by atoms with Crippen LogP contribution >= 0.6 is 0 Å². The Kier molecular flexibility index (Phi) is 4.59. The first-order valence-corrected chi connectivity index (χ1v) is 5.37. The van der Waals surface area contributed by atoms with E-state index in [0.29, 0.717) is 0 Å². The van der Waals surface area contributed by atoms with Crippen molar-refractivity contribution in [2.75, 3.05) is 21.3 Å². The highest BCUT2D eigenvalue weighted by atomic mass is 16.5. The lowest BCUT2D eigenvalue weighted by Gasteiger charge is -2.18. The Bertz CT molecular complexity index is 618. The minimum absolute atomic E-state index is 0.441. The molecule has 0 saturated heterocycles. The normalized spacial score (nSPS) is 9.86. The zero-order valence-electron chi connectivity index (χ0n) is 11.3. The fraction of sp³-hybridized carbons (Fsp3) is 0.250. The quantitative estimate of drug-likeness (QED) is 0.695. The summed E-state index contributed by atoms with van der Waals surface area (Å²) in [6.45, 7) is 0. The Labute approximate surface area is 118 Å². The number of hydrogen-bond donors (Lipinski definition) is 3. The summed E-state index contributed by atoms with van der Waals surface area (Å²) < 4.78 is 14.4. The number of benzene rings is 1. The van der Waals surface area contributed by atoms with E-state index >= 15 is 0 Å². The van der Waals surface area contributed by atoms with Gasteiger partial charge in [-0.3, -0.25) is 0 Å². The third-order valence-corrected chi connectivity index (χ3v) is 2.62. The maximum Gasteiger partial charge on any atom is 0.343 e. The van der Waals surface area contributed by atoms with Crippen molar-refractivity contribution in [3.05, 3.63) is 16.7 Å². The number of carboxylic acids is 3. The molecule has 0 aliphatic carbocycles. The average molecular weight is 300 g/mol. The maximum absolute atomic E-state index is 11.3. The predicted octanol–water partition coefficient (Wildman–Crippen LogP) is 0.807. The predicted molar refractivity (Wildman–Crippen MR) is 67.0 cm³/mol. The van der Waals surface area contributed by atoms with Crippen molar-refractivity contribution in [1.82, 2.24) is 0 Å². The third-order valence-electron chi connectivity index (χ3n) is 2.62. The minimum Gasteiger partial charge on any atom is -0.495 e. The van der Waals surface area contributed by atoms with Gasteiger partial charge < -0.3 is 29.5 Å². The Morgan fingerprint density at radius 1 is 0.619 bits per heavy atom. The van der Waals surface area contributed by atoms with E-state index < -0.39 is 51.8 Å². The van der Waals surface area contributed by atoms with E-state index in [2.05, 4.69) is 0 Å². The summed E-state index contributed by atoms with van der Waals surface area (Å²) in [6, 6.07) is 0. The van der Waals surface area contributed by atoms with Crippen molar-refractivity contribution in [2.45, 2.75) is 0 Å². The molecule has 9 heteroatoms. The molecule has 0 saturated carbocycles. The van der Waals surface area contributed by atoms with Gasteiger partial charge in [0.25, 0.3) is 0 Å². The molecular weight excluding hydrogens is 288 g/mol. The van der Waals surface area contributed by atoms with Crippen LogP contribution in [0.2, 0.25) is 0 Å². The number of aromatic carboxylic acids is 3. The first-order chi connectivity index (χ1) is 9.81. The fourth-order valence-corrected chi connectivity index (χ4v) is 1.88. The van der Waals surface area contributed by atoms with E-state index in [9.17, 15) is 29.7 Å². The molecule has 0 heterocycles. The van der Waals surface area contributed by atoms with Crippen LogP contribution in [-0.2, 0) is 0 Å². The average Bonchev–Trinajstić information content (AvgIpc) is 2.42. The van der Waals surface area contributed by atoms with Crippen LogP contribution in [0, 0.1) is 0 Å². The molecule has 1 aromatic carbocycles. The van der Waals surface area contributed by atoms with Crippen LogP contribution in [0.15, 0.2) is 0 Å². The molecule has 1 aromatic rings. The minimum atomic E-state index is -1.67. The number of ether oxygens (including phenoxy) is 3. The Balaban J connectivity index is 4.11. The van der Waals surface area contributed by atoms with Crippen LogP contribution in [0.1, 0.15) is 31.1 Å². The smallest absolute Gasteiger partial charge is 0.343 e. The molecule has 0 amide bonds. The molecule has 0 unspecified atom stereocenters. The molecule has 1 rings (SSSR count). The Morgan fingerprint density at radius 2 is 0.905 bits per heavy atom. The topological polar surface area (TPSA) is 140 Å². The number of carbonyl (C=O) groups is 3. The first kappa shape index (κ1) is 16.1. The van der Waals surface area contributed by atoms with Crippen LogP contribution in [0.25, 0.3) is 0 Å². The highest BCUT2D eigenvalue weighted by Crippen LogP contribution is 2.44. The largest absolute Gasteiger partial charge is 0.495 e. The summed E-state index contributed by atoms with van der Waals surface area (Å²) in [5, 5.41) is 27.6. The second-order valence-corrected chi connectivity index (χ2v) is 3.64. The molecule has 21 heavy (non-hydrogen) atoms. The summed E-state index contributed by atoms with van der Waals surface area (Å²) >= 11 is 0. The molecule has 0 radical (unpaired) electrons. The fourth-order valence-electron chi connectivity index (χ4n) is 1.88. The van der Waals surface area contributed by atoms with Crippen molar-refractivity contribution in [3.63, 3.8) is 0 Å². The summed E-state index contributed by atoms with van der Waals surface area (Å²) in [5.74, 6) is -6.44. The second-order valence-electron chi connectivity index (χ2n) is 3.64. The SMILES string of the molecule is COc1c(OC)c(C(=O)O)c(C(=O)O)c(OC)c1C(=O)O. The van der Waals surface area contributed by atoms with Gasteiger partial charge in [-0.2, -0.15) is 0 Å². The summed E-state index contributed by atoms with van der Waals surface area (Å²) in [7, 11) is 3.18. The highest BCUT2D eigenvalue weighted by molar-refractivity contribution is 6.11. The van der Waals surface area contributed by atoms with Crippen molar-refractivity contribution in [2.24, 2.45) is 0 Å². The Hall–Kier alpha value is -2.97. The lowest BCUT2D eigenvalue weighted by atomic mass is 9.99. The molecular formula is C12H12O9. The molecule has 0 aliphatic heterocycles. The van der Waals surface area contributed by atoms with Gasteiger partial charge in [-0.15, -0.1) is 0 Å². The molecule has 0 aliphatic rings. The van der Waals surface area contributed by atoms with E-state index in [1.807, 2.05) is 0 Å². The first-order valence-electron chi connectivity index (χ1n) is 5.37. The zero-order valence-corrected chi connectivity index (χ0v) is 11.3. The summed E-state index contributed by atoms with van der Waals surface area (Å²) in [6.07, 6.45) is 0.